The number of carbonyl (C=O) groups excluding carboxylic acids is 1. The first-order valence-corrected chi connectivity index (χ1v) is 11.3. The highest BCUT2D eigenvalue weighted by atomic mass is 19.1. The summed E-state index contributed by atoms with van der Waals surface area (Å²) >= 11 is 0. The van der Waals surface area contributed by atoms with E-state index in [2.05, 4.69) is 48.0 Å². The molecular weight excluding hydrogens is 399 g/mol. The van der Waals surface area contributed by atoms with Crippen molar-refractivity contribution in [2.45, 2.75) is 38.8 Å². The fourth-order valence-corrected chi connectivity index (χ4v) is 4.93. The molecule has 1 aliphatic heterocycles. The molecule has 4 aromatic rings. The SMILES string of the molecule is CCn1cc([C@@H](CC(=O)N2CCc3ccccc3C2)c2ccc(F)cc2)c2ccccc21. The van der Waals surface area contributed by atoms with Crippen molar-refractivity contribution >= 4 is 16.8 Å². The Morgan fingerprint density at radius 1 is 0.969 bits per heavy atom. The van der Waals surface area contributed by atoms with Crippen LogP contribution in [-0.4, -0.2) is 21.9 Å². The molecule has 1 aliphatic rings. The quantitative estimate of drug-likeness (QED) is 0.390. The number of amides is 1. The lowest BCUT2D eigenvalue weighted by Crippen LogP contribution is -2.36. The van der Waals surface area contributed by atoms with Crippen LogP contribution in [0.4, 0.5) is 4.39 Å². The van der Waals surface area contributed by atoms with E-state index < -0.39 is 0 Å². The molecule has 162 valence electrons. The second-order valence-corrected chi connectivity index (χ2v) is 8.53. The summed E-state index contributed by atoms with van der Waals surface area (Å²) < 4.78 is 15.9. The number of nitrogens with zero attached hydrogens (tertiary/aromatic N) is 2. The Kier molecular flexibility index (Phi) is 5.52. The first-order chi connectivity index (χ1) is 15.6. The third kappa shape index (κ3) is 3.81. The predicted molar refractivity (Wildman–Crippen MR) is 126 cm³/mol. The molecule has 5 rings (SSSR count). The van der Waals surface area contributed by atoms with Crippen molar-refractivity contribution in [1.82, 2.24) is 9.47 Å². The number of benzene rings is 3. The average molecular weight is 427 g/mol. The second-order valence-electron chi connectivity index (χ2n) is 8.53. The summed E-state index contributed by atoms with van der Waals surface area (Å²) in [4.78, 5) is 15.5. The predicted octanol–water partition coefficient (Wildman–Crippen LogP) is 5.91. The van der Waals surface area contributed by atoms with Gasteiger partial charge in [-0.3, -0.25) is 4.79 Å². The fraction of sp³-hybridized carbons (Fsp3) is 0.250. The summed E-state index contributed by atoms with van der Waals surface area (Å²) in [7, 11) is 0. The van der Waals surface area contributed by atoms with Crippen molar-refractivity contribution in [3.05, 3.63) is 107 Å². The summed E-state index contributed by atoms with van der Waals surface area (Å²) in [6.07, 6.45) is 3.42. The van der Waals surface area contributed by atoms with E-state index in [0.717, 1.165) is 41.5 Å². The zero-order chi connectivity index (χ0) is 22.1. The van der Waals surface area contributed by atoms with Gasteiger partial charge in [-0.15, -0.1) is 0 Å². The molecule has 0 radical (unpaired) electrons. The Bertz CT molecular complexity index is 1260. The third-order valence-electron chi connectivity index (χ3n) is 6.67. The van der Waals surface area contributed by atoms with E-state index >= 15 is 0 Å². The number of hydrogen-bond acceptors (Lipinski definition) is 1. The molecule has 1 atom stereocenters. The van der Waals surface area contributed by atoms with E-state index in [1.807, 2.05) is 35.2 Å². The van der Waals surface area contributed by atoms with Gasteiger partial charge in [-0.2, -0.15) is 0 Å². The lowest BCUT2D eigenvalue weighted by molar-refractivity contribution is -0.132. The third-order valence-corrected chi connectivity index (χ3v) is 6.67. The molecule has 0 fully saturated rings. The van der Waals surface area contributed by atoms with E-state index in [9.17, 15) is 9.18 Å². The van der Waals surface area contributed by atoms with Crippen LogP contribution < -0.4 is 0 Å². The average Bonchev–Trinajstić information content (AvgIpc) is 3.21. The first-order valence-electron chi connectivity index (χ1n) is 11.3. The van der Waals surface area contributed by atoms with Gasteiger partial charge in [0, 0.05) is 49.1 Å². The molecule has 0 saturated heterocycles. The molecule has 0 N–H and O–H groups in total. The highest BCUT2D eigenvalue weighted by Gasteiger charge is 2.27. The van der Waals surface area contributed by atoms with Crippen LogP contribution in [0.15, 0.2) is 79.0 Å². The number of para-hydroxylation sites is 1. The minimum absolute atomic E-state index is 0.127. The topological polar surface area (TPSA) is 25.2 Å². The van der Waals surface area contributed by atoms with Crippen LogP contribution in [0.25, 0.3) is 10.9 Å². The number of rotatable bonds is 5. The van der Waals surface area contributed by atoms with Gasteiger partial charge in [-0.1, -0.05) is 54.6 Å². The Morgan fingerprint density at radius 2 is 1.69 bits per heavy atom. The van der Waals surface area contributed by atoms with Crippen molar-refractivity contribution in [3.8, 4) is 0 Å². The van der Waals surface area contributed by atoms with Gasteiger partial charge in [0.1, 0.15) is 5.82 Å². The molecule has 2 heterocycles. The smallest absolute Gasteiger partial charge is 0.223 e. The van der Waals surface area contributed by atoms with Gasteiger partial charge in [0.15, 0.2) is 0 Å². The van der Waals surface area contributed by atoms with E-state index in [4.69, 9.17) is 0 Å². The molecule has 1 amide bonds. The monoisotopic (exact) mass is 426 g/mol. The van der Waals surface area contributed by atoms with E-state index in [1.165, 1.54) is 23.3 Å². The summed E-state index contributed by atoms with van der Waals surface area (Å²) in [5.41, 5.74) is 5.82. The maximum Gasteiger partial charge on any atom is 0.223 e. The summed E-state index contributed by atoms with van der Waals surface area (Å²) in [6.45, 7) is 4.37. The molecule has 0 aliphatic carbocycles. The molecule has 3 nitrogen and oxygen atoms in total. The molecule has 0 bridgehead atoms. The number of aryl methyl sites for hydroxylation is 1. The van der Waals surface area contributed by atoms with Crippen molar-refractivity contribution < 1.29 is 9.18 Å². The molecule has 1 aromatic heterocycles. The van der Waals surface area contributed by atoms with Crippen molar-refractivity contribution in [1.29, 1.82) is 0 Å². The Balaban J connectivity index is 1.51. The molecule has 0 unspecified atom stereocenters. The highest BCUT2D eigenvalue weighted by molar-refractivity contribution is 5.86. The van der Waals surface area contributed by atoms with Crippen LogP contribution in [0.3, 0.4) is 0 Å². The van der Waals surface area contributed by atoms with Crippen LogP contribution >= 0.6 is 0 Å². The van der Waals surface area contributed by atoms with Crippen molar-refractivity contribution in [3.63, 3.8) is 0 Å². The summed E-state index contributed by atoms with van der Waals surface area (Å²) in [6, 6.07) is 23.3. The molecule has 0 spiro atoms. The number of hydrogen-bond donors (Lipinski definition) is 0. The molecule has 0 saturated carbocycles. The van der Waals surface area contributed by atoms with Gasteiger partial charge in [0.25, 0.3) is 0 Å². The van der Waals surface area contributed by atoms with Crippen LogP contribution in [0, 0.1) is 5.82 Å². The molecule has 32 heavy (non-hydrogen) atoms. The zero-order valence-electron chi connectivity index (χ0n) is 18.3. The van der Waals surface area contributed by atoms with Gasteiger partial charge in [0.05, 0.1) is 0 Å². The van der Waals surface area contributed by atoms with Gasteiger partial charge >= 0.3 is 0 Å². The number of carbonyl (C=O) groups is 1. The summed E-state index contributed by atoms with van der Waals surface area (Å²) in [5.74, 6) is -0.248. The minimum Gasteiger partial charge on any atom is -0.347 e. The standard InChI is InChI=1S/C28H27FN2O/c1-2-30-19-26(24-9-5-6-10-27(24)30)25(21-11-13-23(29)14-12-21)17-28(32)31-16-15-20-7-3-4-8-22(20)18-31/h3-14,19,25H,2,15-18H2,1H3/t25-/m0/s1. The Morgan fingerprint density at radius 3 is 2.47 bits per heavy atom. The maximum absolute atomic E-state index is 13.7. The largest absolute Gasteiger partial charge is 0.347 e. The zero-order valence-corrected chi connectivity index (χ0v) is 18.3. The molecule has 3 aromatic carbocycles. The van der Waals surface area contributed by atoms with Gasteiger partial charge < -0.3 is 9.47 Å². The summed E-state index contributed by atoms with van der Waals surface area (Å²) in [5, 5.41) is 1.15. The lowest BCUT2D eigenvalue weighted by atomic mass is 9.87. The van der Waals surface area contributed by atoms with E-state index in [-0.39, 0.29) is 17.6 Å². The van der Waals surface area contributed by atoms with Gasteiger partial charge in [-0.05, 0) is 53.8 Å². The van der Waals surface area contributed by atoms with Crippen LogP contribution in [0.2, 0.25) is 0 Å². The Labute approximate surface area is 188 Å². The number of halogens is 1. The Hall–Kier alpha value is -3.40. The van der Waals surface area contributed by atoms with E-state index in [0.29, 0.717) is 13.0 Å². The van der Waals surface area contributed by atoms with Crippen LogP contribution in [-0.2, 0) is 24.3 Å². The van der Waals surface area contributed by atoms with Gasteiger partial charge in [0.2, 0.25) is 5.91 Å². The minimum atomic E-state index is -0.262. The molecular formula is C28H27FN2O. The second kappa shape index (κ2) is 8.62. The van der Waals surface area contributed by atoms with Crippen LogP contribution in [0.5, 0.6) is 0 Å². The first kappa shape index (κ1) is 20.5. The van der Waals surface area contributed by atoms with Crippen molar-refractivity contribution in [2.75, 3.05) is 6.54 Å². The van der Waals surface area contributed by atoms with Gasteiger partial charge in [-0.25, -0.2) is 4.39 Å². The number of aromatic nitrogens is 1. The fourth-order valence-electron chi connectivity index (χ4n) is 4.93. The van der Waals surface area contributed by atoms with Crippen molar-refractivity contribution in [2.24, 2.45) is 0 Å². The lowest BCUT2D eigenvalue weighted by Gasteiger charge is -2.30. The molecule has 4 heteroatoms. The number of fused-ring (bicyclic) bond motifs is 2. The van der Waals surface area contributed by atoms with Crippen LogP contribution in [0.1, 0.15) is 41.5 Å². The maximum atomic E-state index is 13.7. The van der Waals surface area contributed by atoms with E-state index in [1.54, 1.807) is 0 Å². The highest BCUT2D eigenvalue weighted by Crippen LogP contribution is 2.36. The normalized spacial score (nSPS) is 14.4.